The molecular weight excluding hydrogens is 340 g/mol. The van der Waals surface area contributed by atoms with Crippen molar-refractivity contribution in [2.75, 3.05) is 0 Å². The van der Waals surface area contributed by atoms with Gasteiger partial charge in [-0.25, -0.2) is 0 Å². The van der Waals surface area contributed by atoms with Gasteiger partial charge in [0.25, 0.3) is 0 Å². The molecule has 0 N–H and O–H groups in total. The van der Waals surface area contributed by atoms with Crippen molar-refractivity contribution < 1.29 is 4.43 Å². The van der Waals surface area contributed by atoms with E-state index in [0.29, 0.717) is 0 Å². The largest absolute Gasteiger partial charge is 0.408 e. The third kappa shape index (κ3) is 4.07. The fourth-order valence-electron chi connectivity index (χ4n) is 1.80. The molecule has 0 aliphatic heterocycles. The summed E-state index contributed by atoms with van der Waals surface area (Å²) in [6.07, 6.45) is 0. The van der Waals surface area contributed by atoms with Crippen molar-refractivity contribution >= 4 is 35.8 Å². The molecule has 4 heteroatoms. The Morgan fingerprint density at radius 2 is 1.63 bits per heavy atom. The first-order chi connectivity index (χ1) is 8.37. The molecule has 0 radical (unpaired) electrons. The molecule has 0 fully saturated rings. The fourth-order valence-corrected chi connectivity index (χ4v) is 4.20. The van der Waals surface area contributed by atoms with E-state index >= 15 is 0 Å². The lowest BCUT2D eigenvalue weighted by molar-refractivity contribution is 0.0902. The standard InChI is InChI=1S/C15H24BrClOSi/c1-14(2,3)19(6,7)18-15(4,5)12-10-11(16)8-9-13(12)17/h8-10H,1-7H3. The summed E-state index contributed by atoms with van der Waals surface area (Å²) in [5.41, 5.74) is 0.650. The van der Waals surface area contributed by atoms with Gasteiger partial charge in [-0.2, -0.15) is 0 Å². The molecule has 1 nitrogen and oxygen atoms in total. The number of hydrogen-bond acceptors (Lipinski definition) is 1. The Hall–Kier alpha value is 0.167. The highest BCUT2D eigenvalue weighted by atomic mass is 79.9. The van der Waals surface area contributed by atoms with Gasteiger partial charge < -0.3 is 4.43 Å². The minimum atomic E-state index is -1.84. The summed E-state index contributed by atoms with van der Waals surface area (Å²) >= 11 is 9.84. The zero-order valence-corrected chi connectivity index (χ0v) is 16.2. The van der Waals surface area contributed by atoms with Crippen molar-refractivity contribution in [1.82, 2.24) is 0 Å². The minimum absolute atomic E-state index is 0.183. The molecule has 0 saturated heterocycles. The van der Waals surface area contributed by atoms with E-state index in [1.54, 1.807) is 0 Å². The fraction of sp³-hybridized carbons (Fsp3) is 0.600. The van der Waals surface area contributed by atoms with E-state index in [1.807, 2.05) is 12.1 Å². The average molecular weight is 364 g/mol. The number of rotatable bonds is 3. The van der Waals surface area contributed by atoms with E-state index in [9.17, 15) is 0 Å². The normalized spacial score (nSPS) is 13.7. The van der Waals surface area contributed by atoms with Crippen LogP contribution in [0.3, 0.4) is 0 Å². The Bertz CT molecular complexity index is 464. The smallest absolute Gasteiger partial charge is 0.193 e. The topological polar surface area (TPSA) is 9.23 Å². The van der Waals surface area contributed by atoms with Gasteiger partial charge in [0, 0.05) is 15.1 Å². The van der Waals surface area contributed by atoms with E-state index in [-0.39, 0.29) is 10.6 Å². The first kappa shape index (κ1) is 17.2. The molecule has 0 aliphatic rings. The van der Waals surface area contributed by atoms with Gasteiger partial charge in [0.05, 0.1) is 5.60 Å². The Morgan fingerprint density at radius 3 is 2.11 bits per heavy atom. The van der Waals surface area contributed by atoms with Crippen LogP contribution in [-0.4, -0.2) is 8.32 Å². The lowest BCUT2D eigenvalue weighted by atomic mass is 9.99. The molecule has 0 heterocycles. The molecule has 0 unspecified atom stereocenters. The van der Waals surface area contributed by atoms with Gasteiger partial charge >= 0.3 is 0 Å². The molecule has 1 aromatic carbocycles. The third-order valence-electron chi connectivity index (χ3n) is 3.89. The van der Waals surface area contributed by atoms with Gasteiger partial charge in [-0.3, -0.25) is 0 Å². The number of hydrogen-bond donors (Lipinski definition) is 0. The van der Waals surface area contributed by atoms with Gasteiger partial charge in [0.2, 0.25) is 0 Å². The van der Waals surface area contributed by atoms with Crippen molar-refractivity contribution in [3.05, 3.63) is 33.3 Å². The first-order valence-electron chi connectivity index (χ1n) is 6.52. The number of benzene rings is 1. The van der Waals surface area contributed by atoms with E-state index < -0.39 is 8.32 Å². The van der Waals surface area contributed by atoms with Crippen LogP contribution in [0.2, 0.25) is 23.2 Å². The van der Waals surface area contributed by atoms with Crippen molar-refractivity contribution in [2.24, 2.45) is 0 Å². The highest BCUT2D eigenvalue weighted by molar-refractivity contribution is 9.10. The summed E-state index contributed by atoms with van der Waals surface area (Å²) in [4.78, 5) is 0. The van der Waals surface area contributed by atoms with E-state index in [0.717, 1.165) is 15.1 Å². The summed E-state index contributed by atoms with van der Waals surface area (Å²) in [6.45, 7) is 15.5. The van der Waals surface area contributed by atoms with E-state index in [4.69, 9.17) is 16.0 Å². The zero-order chi connectivity index (χ0) is 15.1. The summed E-state index contributed by atoms with van der Waals surface area (Å²) in [7, 11) is -1.84. The molecule has 0 spiro atoms. The minimum Gasteiger partial charge on any atom is -0.408 e. The molecule has 0 aliphatic carbocycles. The molecule has 0 aromatic heterocycles. The second kappa shape index (κ2) is 5.51. The van der Waals surface area contributed by atoms with Gasteiger partial charge in [0.15, 0.2) is 8.32 Å². The lowest BCUT2D eigenvalue weighted by Crippen LogP contribution is -2.46. The van der Waals surface area contributed by atoms with Crippen LogP contribution in [-0.2, 0) is 10.0 Å². The summed E-state index contributed by atoms with van der Waals surface area (Å²) < 4.78 is 7.57. The van der Waals surface area contributed by atoms with Crippen LogP contribution < -0.4 is 0 Å². The van der Waals surface area contributed by atoms with Crippen molar-refractivity contribution in [1.29, 1.82) is 0 Å². The first-order valence-corrected chi connectivity index (χ1v) is 10.6. The second-order valence-electron chi connectivity index (χ2n) is 7.00. The molecule has 19 heavy (non-hydrogen) atoms. The van der Waals surface area contributed by atoms with Crippen molar-refractivity contribution in [2.45, 2.75) is 58.4 Å². The van der Waals surface area contributed by atoms with Crippen LogP contribution in [0.1, 0.15) is 40.2 Å². The van der Waals surface area contributed by atoms with Gasteiger partial charge in [-0.15, -0.1) is 0 Å². The summed E-state index contributed by atoms with van der Waals surface area (Å²) in [5, 5.41) is 0.940. The SMILES string of the molecule is CC(C)(O[Si](C)(C)C(C)(C)C)c1cc(Br)ccc1Cl. The van der Waals surface area contributed by atoms with Crippen LogP contribution in [0.4, 0.5) is 0 Å². The van der Waals surface area contributed by atoms with Crippen molar-refractivity contribution in [3.8, 4) is 0 Å². The van der Waals surface area contributed by atoms with Crippen LogP contribution in [0.15, 0.2) is 22.7 Å². The van der Waals surface area contributed by atoms with Crippen LogP contribution >= 0.6 is 27.5 Å². The van der Waals surface area contributed by atoms with Gasteiger partial charge in [-0.05, 0) is 50.2 Å². The summed E-state index contributed by atoms with van der Waals surface area (Å²) in [6, 6.07) is 5.92. The van der Waals surface area contributed by atoms with E-state index in [1.165, 1.54) is 0 Å². The third-order valence-corrected chi connectivity index (χ3v) is 9.35. The van der Waals surface area contributed by atoms with Crippen LogP contribution in [0.5, 0.6) is 0 Å². The Morgan fingerprint density at radius 1 is 1.11 bits per heavy atom. The van der Waals surface area contributed by atoms with Crippen LogP contribution in [0.25, 0.3) is 0 Å². The van der Waals surface area contributed by atoms with Crippen LogP contribution in [0, 0.1) is 0 Å². The second-order valence-corrected chi connectivity index (χ2v) is 13.0. The van der Waals surface area contributed by atoms with Crippen molar-refractivity contribution in [3.63, 3.8) is 0 Å². The molecular formula is C15H24BrClOSi. The van der Waals surface area contributed by atoms with E-state index in [2.05, 4.69) is 69.7 Å². The molecule has 0 atom stereocenters. The number of halogens is 2. The van der Waals surface area contributed by atoms with Gasteiger partial charge in [-0.1, -0.05) is 48.3 Å². The molecule has 0 amide bonds. The summed E-state index contributed by atoms with van der Waals surface area (Å²) in [5.74, 6) is 0. The maximum Gasteiger partial charge on any atom is 0.193 e. The Kier molecular flexibility index (Phi) is 4.99. The molecule has 1 rings (SSSR count). The zero-order valence-electron chi connectivity index (χ0n) is 12.9. The predicted molar refractivity (Wildman–Crippen MR) is 90.5 cm³/mol. The quantitative estimate of drug-likeness (QED) is 0.568. The maximum absolute atomic E-state index is 6.55. The lowest BCUT2D eigenvalue weighted by Gasteiger charge is -2.43. The molecule has 108 valence electrons. The Balaban J connectivity index is 3.15. The highest BCUT2D eigenvalue weighted by Crippen LogP contribution is 2.43. The predicted octanol–water partition coefficient (Wildman–Crippen LogP) is 6.36. The molecule has 0 saturated carbocycles. The average Bonchev–Trinajstić information content (AvgIpc) is 2.18. The molecule has 0 bridgehead atoms. The van der Waals surface area contributed by atoms with Gasteiger partial charge in [0.1, 0.15) is 0 Å². The molecule has 1 aromatic rings. The monoisotopic (exact) mass is 362 g/mol. The maximum atomic E-state index is 6.55. The highest BCUT2D eigenvalue weighted by Gasteiger charge is 2.42. The Labute approximate surface area is 132 Å².